The van der Waals surface area contributed by atoms with E-state index in [4.69, 9.17) is 24.9 Å². The van der Waals surface area contributed by atoms with Gasteiger partial charge in [-0.1, -0.05) is 48.5 Å². The molecule has 0 atom stereocenters. The quantitative estimate of drug-likeness (QED) is 0.391. The third kappa shape index (κ3) is 5.31. The fourth-order valence-electron chi connectivity index (χ4n) is 4.52. The molecule has 0 spiro atoms. The zero-order chi connectivity index (χ0) is 24.9. The molecular weight excluding hydrogens is 452 g/mol. The van der Waals surface area contributed by atoms with E-state index in [0.29, 0.717) is 24.9 Å². The molecule has 1 aliphatic rings. The zero-order valence-electron chi connectivity index (χ0n) is 20.4. The van der Waals surface area contributed by atoms with Crippen molar-refractivity contribution in [1.29, 1.82) is 0 Å². The lowest BCUT2D eigenvalue weighted by molar-refractivity contribution is -0.130. The maximum absolute atomic E-state index is 11.6. The number of likely N-dealkylation sites (tertiary alicyclic amines) is 1. The Labute approximate surface area is 210 Å². The monoisotopic (exact) mass is 482 g/mol. The molecule has 5 rings (SSSR count). The van der Waals surface area contributed by atoms with E-state index in [1.165, 1.54) is 0 Å². The second-order valence-corrected chi connectivity index (χ2v) is 9.16. The van der Waals surface area contributed by atoms with E-state index >= 15 is 0 Å². The van der Waals surface area contributed by atoms with Gasteiger partial charge in [0.05, 0.1) is 31.0 Å². The van der Waals surface area contributed by atoms with E-state index in [2.05, 4.69) is 12.1 Å². The van der Waals surface area contributed by atoms with Gasteiger partial charge in [-0.15, -0.1) is 0 Å². The molecule has 7 nitrogen and oxygen atoms in total. The predicted octanol–water partition coefficient (Wildman–Crippen LogP) is 5.17. The lowest BCUT2D eigenvalue weighted by atomic mass is 9.98. The Morgan fingerprint density at radius 2 is 1.64 bits per heavy atom. The number of aromatic nitrogens is 2. The van der Waals surface area contributed by atoms with Crippen molar-refractivity contribution in [2.75, 3.05) is 19.7 Å². The average Bonchev–Trinajstić information content (AvgIpc) is 3.47. The normalized spacial score (nSPS) is 14.1. The van der Waals surface area contributed by atoms with Crippen LogP contribution < -0.4 is 10.5 Å². The second-order valence-electron chi connectivity index (χ2n) is 9.16. The van der Waals surface area contributed by atoms with Crippen molar-refractivity contribution in [1.82, 2.24) is 14.9 Å². The number of hydrogen-bond acceptors (Lipinski definition) is 6. The summed E-state index contributed by atoms with van der Waals surface area (Å²) < 4.78 is 11.3. The zero-order valence-corrected chi connectivity index (χ0v) is 20.4. The number of furan rings is 1. The number of nitrogens with two attached hydrogens (primary N) is 1. The van der Waals surface area contributed by atoms with Crippen LogP contribution in [-0.2, 0) is 11.3 Å². The maximum Gasteiger partial charge on any atom is 0.232 e. The van der Waals surface area contributed by atoms with E-state index in [1.807, 2.05) is 47.4 Å². The molecule has 2 aromatic heterocycles. The molecule has 0 bridgehead atoms. The van der Waals surface area contributed by atoms with E-state index in [0.717, 1.165) is 65.1 Å². The van der Waals surface area contributed by atoms with Gasteiger partial charge in [-0.3, -0.25) is 4.79 Å². The summed E-state index contributed by atoms with van der Waals surface area (Å²) in [4.78, 5) is 23.1. The van der Waals surface area contributed by atoms with Crippen molar-refractivity contribution in [3.63, 3.8) is 0 Å². The van der Waals surface area contributed by atoms with Gasteiger partial charge in [0.15, 0.2) is 0 Å². The molecule has 7 heteroatoms. The highest BCUT2D eigenvalue weighted by Crippen LogP contribution is 2.32. The molecular formula is C29H30N4O3. The van der Waals surface area contributed by atoms with Gasteiger partial charge in [0.25, 0.3) is 0 Å². The van der Waals surface area contributed by atoms with Crippen molar-refractivity contribution in [2.24, 2.45) is 11.7 Å². The van der Waals surface area contributed by atoms with E-state index < -0.39 is 0 Å². The number of carbonyl (C=O) groups excluding carboxylic acids is 1. The largest absolute Gasteiger partial charge is 0.476 e. The van der Waals surface area contributed by atoms with Crippen LogP contribution in [0.2, 0.25) is 0 Å². The van der Waals surface area contributed by atoms with E-state index in [9.17, 15) is 4.79 Å². The number of hydrogen-bond donors (Lipinski definition) is 1. The molecule has 2 N–H and O–H groups in total. The Kier molecular flexibility index (Phi) is 7.09. The van der Waals surface area contributed by atoms with Crippen LogP contribution in [0.4, 0.5) is 0 Å². The molecule has 3 heterocycles. The Morgan fingerprint density at radius 3 is 2.28 bits per heavy atom. The summed E-state index contributed by atoms with van der Waals surface area (Å²) in [6, 6.07) is 18.2. The first-order valence-corrected chi connectivity index (χ1v) is 12.3. The highest BCUT2D eigenvalue weighted by atomic mass is 16.5. The molecule has 1 aliphatic heterocycles. The topological polar surface area (TPSA) is 94.5 Å². The van der Waals surface area contributed by atoms with Gasteiger partial charge in [-0.2, -0.15) is 0 Å². The number of benzene rings is 2. The number of piperidine rings is 1. The van der Waals surface area contributed by atoms with E-state index in [1.54, 1.807) is 25.6 Å². The summed E-state index contributed by atoms with van der Waals surface area (Å²) in [6.45, 7) is 4.24. The van der Waals surface area contributed by atoms with Crippen molar-refractivity contribution in [3.8, 4) is 39.5 Å². The van der Waals surface area contributed by atoms with Crippen LogP contribution in [0.3, 0.4) is 0 Å². The first-order chi connectivity index (χ1) is 17.6. The molecule has 0 saturated carbocycles. The summed E-state index contributed by atoms with van der Waals surface area (Å²) in [7, 11) is 0. The summed E-state index contributed by atoms with van der Waals surface area (Å²) in [5.41, 5.74) is 12.4. The van der Waals surface area contributed by atoms with Crippen molar-refractivity contribution < 1.29 is 13.9 Å². The molecule has 184 valence electrons. The minimum Gasteiger partial charge on any atom is -0.476 e. The molecule has 0 radical (unpaired) electrons. The highest BCUT2D eigenvalue weighted by molar-refractivity contribution is 5.79. The highest BCUT2D eigenvalue weighted by Gasteiger charge is 2.22. The minimum absolute atomic E-state index is 0.138. The Bertz CT molecular complexity index is 1290. The standard InChI is InChI=1S/C29H30N4O3/c1-20(34)33-13-10-22(11-14-33)18-36-27-17-31-28(24-4-2-21(16-30)3-5-24)29(32-27)25-8-6-23(7-9-25)26-12-15-35-19-26/h2-9,12,15,17,19,22H,10-11,13-14,16,18,30H2,1H3. The van der Waals surface area contributed by atoms with Crippen molar-refractivity contribution in [3.05, 3.63) is 78.9 Å². The lowest BCUT2D eigenvalue weighted by Crippen LogP contribution is -2.38. The number of carbonyl (C=O) groups is 1. The third-order valence-corrected chi connectivity index (χ3v) is 6.75. The Morgan fingerprint density at radius 1 is 0.972 bits per heavy atom. The van der Waals surface area contributed by atoms with Gasteiger partial charge in [0.2, 0.25) is 11.8 Å². The number of ether oxygens (including phenoxy) is 1. The number of nitrogens with zero attached hydrogens (tertiary/aromatic N) is 3. The third-order valence-electron chi connectivity index (χ3n) is 6.75. The summed E-state index contributed by atoms with van der Waals surface area (Å²) in [5.74, 6) is 1.03. The average molecular weight is 483 g/mol. The Balaban J connectivity index is 1.40. The van der Waals surface area contributed by atoms with Crippen molar-refractivity contribution >= 4 is 5.91 Å². The fraction of sp³-hybridized carbons (Fsp3) is 0.276. The van der Waals surface area contributed by atoms with Gasteiger partial charge in [0, 0.05) is 43.2 Å². The van der Waals surface area contributed by atoms with Crippen LogP contribution in [0, 0.1) is 5.92 Å². The van der Waals surface area contributed by atoms with Crippen LogP contribution in [-0.4, -0.2) is 40.5 Å². The molecule has 4 aromatic rings. The summed E-state index contributed by atoms with van der Waals surface area (Å²) >= 11 is 0. The first kappa shape index (κ1) is 23.8. The van der Waals surface area contributed by atoms with Gasteiger partial charge in [0.1, 0.15) is 5.69 Å². The van der Waals surface area contributed by atoms with Gasteiger partial charge in [-0.05, 0) is 36.0 Å². The van der Waals surface area contributed by atoms with Crippen LogP contribution in [0.15, 0.2) is 77.7 Å². The van der Waals surface area contributed by atoms with Crippen LogP contribution in [0.5, 0.6) is 5.88 Å². The molecule has 0 unspecified atom stereocenters. The van der Waals surface area contributed by atoms with Gasteiger partial charge < -0.3 is 19.8 Å². The fourth-order valence-corrected chi connectivity index (χ4v) is 4.52. The second kappa shape index (κ2) is 10.7. The lowest BCUT2D eigenvalue weighted by Gasteiger charge is -2.31. The number of rotatable bonds is 7. The van der Waals surface area contributed by atoms with E-state index in [-0.39, 0.29) is 5.91 Å². The molecule has 36 heavy (non-hydrogen) atoms. The first-order valence-electron chi connectivity index (χ1n) is 12.3. The molecule has 0 aliphatic carbocycles. The Hall–Kier alpha value is -3.97. The van der Waals surface area contributed by atoms with Crippen LogP contribution >= 0.6 is 0 Å². The predicted molar refractivity (Wildman–Crippen MR) is 139 cm³/mol. The molecule has 1 fully saturated rings. The summed E-state index contributed by atoms with van der Waals surface area (Å²) in [6.07, 6.45) is 6.96. The van der Waals surface area contributed by atoms with Gasteiger partial charge >= 0.3 is 0 Å². The smallest absolute Gasteiger partial charge is 0.232 e. The van der Waals surface area contributed by atoms with Gasteiger partial charge in [-0.25, -0.2) is 9.97 Å². The van der Waals surface area contributed by atoms with Crippen LogP contribution in [0.1, 0.15) is 25.3 Å². The maximum atomic E-state index is 11.6. The molecule has 2 aromatic carbocycles. The molecule has 1 amide bonds. The number of amides is 1. The minimum atomic E-state index is 0.138. The van der Waals surface area contributed by atoms with Crippen molar-refractivity contribution in [2.45, 2.75) is 26.3 Å². The van der Waals surface area contributed by atoms with Crippen LogP contribution in [0.25, 0.3) is 33.6 Å². The SMILES string of the molecule is CC(=O)N1CCC(COc2cnc(-c3ccc(CN)cc3)c(-c3ccc(-c4ccoc4)cc3)n2)CC1. The molecule has 1 saturated heterocycles. The summed E-state index contributed by atoms with van der Waals surface area (Å²) in [5, 5.41) is 0.